The van der Waals surface area contributed by atoms with Gasteiger partial charge in [-0.15, -0.1) is 11.3 Å². The fourth-order valence-electron chi connectivity index (χ4n) is 2.36. The Balaban J connectivity index is 1.57. The van der Waals surface area contributed by atoms with E-state index in [1.165, 1.54) is 36.6 Å². The van der Waals surface area contributed by atoms with Gasteiger partial charge in [0.15, 0.2) is 11.7 Å². The highest BCUT2D eigenvalue weighted by atomic mass is 32.1. The molecule has 2 aromatic carbocycles. The zero-order valence-corrected chi connectivity index (χ0v) is 16.1. The van der Waals surface area contributed by atoms with Crippen LogP contribution in [-0.2, 0) is 9.53 Å². The van der Waals surface area contributed by atoms with Crippen molar-refractivity contribution in [3.63, 3.8) is 0 Å². The fourth-order valence-corrected chi connectivity index (χ4v) is 3.09. The summed E-state index contributed by atoms with van der Waals surface area (Å²) in [6.45, 7) is 1.50. The van der Waals surface area contributed by atoms with Gasteiger partial charge in [-0.25, -0.2) is 9.78 Å². The van der Waals surface area contributed by atoms with Crippen LogP contribution in [-0.4, -0.2) is 35.7 Å². The molecule has 0 aliphatic rings. The number of rotatable bonds is 6. The normalized spacial score (nSPS) is 10.4. The molecule has 2 N–H and O–H groups in total. The lowest BCUT2D eigenvalue weighted by Gasteiger charge is -2.07. The van der Waals surface area contributed by atoms with Crippen LogP contribution in [0.5, 0.6) is 11.5 Å². The van der Waals surface area contributed by atoms with E-state index in [2.05, 4.69) is 10.3 Å². The summed E-state index contributed by atoms with van der Waals surface area (Å²) < 4.78 is 9.96. The van der Waals surface area contributed by atoms with Gasteiger partial charge < -0.3 is 14.6 Å². The number of carbonyl (C=O) groups is 2. The highest BCUT2D eigenvalue weighted by Gasteiger charge is 2.16. The van der Waals surface area contributed by atoms with Crippen molar-refractivity contribution in [3.8, 4) is 22.8 Å². The first-order valence-corrected chi connectivity index (χ1v) is 9.21. The van der Waals surface area contributed by atoms with Gasteiger partial charge in [0, 0.05) is 10.9 Å². The van der Waals surface area contributed by atoms with Crippen molar-refractivity contribution in [2.45, 2.75) is 6.92 Å². The van der Waals surface area contributed by atoms with Gasteiger partial charge in [0.1, 0.15) is 17.1 Å². The fraction of sp³-hybridized carbons (Fsp3) is 0.150. The van der Waals surface area contributed by atoms with Crippen molar-refractivity contribution in [2.75, 3.05) is 19.0 Å². The van der Waals surface area contributed by atoms with Crippen LogP contribution in [0.1, 0.15) is 15.9 Å². The quantitative estimate of drug-likeness (QED) is 0.616. The summed E-state index contributed by atoms with van der Waals surface area (Å²) in [7, 11) is 1.44. The van der Waals surface area contributed by atoms with Gasteiger partial charge >= 0.3 is 5.97 Å². The molecule has 1 aromatic heterocycles. The molecule has 1 heterocycles. The number of carbonyl (C=O) groups excluding carboxylic acids is 2. The maximum atomic E-state index is 12.1. The molecule has 3 aromatic rings. The van der Waals surface area contributed by atoms with E-state index < -0.39 is 18.5 Å². The summed E-state index contributed by atoms with van der Waals surface area (Å²) in [5.74, 6) is -1.22. The SMILES string of the molecule is COc1ccc(O)c(C(=O)OCC(=O)Nc2nc(-c3ccc(C)cc3)cs2)c1. The van der Waals surface area contributed by atoms with Crippen LogP contribution >= 0.6 is 11.3 Å². The molecule has 28 heavy (non-hydrogen) atoms. The van der Waals surface area contributed by atoms with Gasteiger partial charge in [-0.2, -0.15) is 0 Å². The second-order valence-electron chi connectivity index (χ2n) is 5.91. The van der Waals surface area contributed by atoms with E-state index in [4.69, 9.17) is 9.47 Å². The molecule has 0 aliphatic heterocycles. The summed E-state index contributed by atoms with van der Waals surface area (Å²) in [4.78, 5) is 28.5. The number of phenolic OH excluding ortho intramolecular Hbond substituents is 1. The summed E-state index contributed by atoms with van der Waals surface area (Å²) in [6, 6.07) is 12.0. The number of amides is 1. The van der Waals surface area contributed by atoms with Crippen LogP contribution in [0, 0.1) is 6.92 Å². The molecule has 3 rings (SSSR count). The first kappa shape index (κ1) is 19.4. The standard InChI is InChI=1S/C20H18N2O5S/c1-12-3-5-13(6-4-12)16-11-28-20(21-16)22-18(24)10-27-19(25)15-9-14(26-2)7-8-17(15)23/h3-9,11,23H,10H2,1-2H3,(H,21,22,24). The minimum atomic E-state index is -0.828. The molecule has 0 spiro atoms. The highest BCUT2D eigenvalue weighted by molar-refractivity contribution is 7.14. The number of anilines is 1. The molecule has 0 aliphatic carbocycles. The van der Waals surface area contributed by atoms with Gasteiger partial charge in [0.05, 0.1) is 12.8 Å². The number of nitrogens with one attached hydrogen (secondary N) is 1. The first-order chi connectivity index (χ1) is 13.5. The Morgan fingerprint density at radius 3 is 2.64 bits per heavy atom. The Morgan fingerprint density at radius 2 is 1.93 bits per heavy atom. The average Bonchev–Trinajstić information content (AvgIpc) is 3.15. The molecule has 144 valence electrons. The van der Waals surface area contributed by atoms with E-state index in [1.54, 1.807) is 0 Å². The van der Waals surface area contributed by atoms with Crippen molar-refractivity contribution in [1.29, 1.82) is 0 Å². The van der Waals surface area contributed by atoms with Crippen LogP contribution in [0.3, 0.4) is 0 Å². The van der Waals surface area contributed by atoms with Crippen LogP contribution < -0.4 is 10.1 Å². The Kier molecular flexibility index (Phi) is 5.90. The number of esters is 1. The summed E-state index contributed by atoms with van der Waals surface area (Å²) >= 11 is 1.27. The molecule has 0 bridgehead atoms. The summed E-state index contributed by atoms with van der Waals surface area (Å²) in [5.41, 5.74) is 2.76. The van der Waals surface area contributed by atoms with E-state index in [0.29, 0.717) is 10.9 Å². The third-order valence-corrected chi connectivity index (χ3v) is 4.61. The number of aromatic nitrogens is 1. The third-order valence-electron chi connectivity index (χ3n) is 3.86. The summed E-state index contributed by atoms with van der Waals surface area (Å²) in [5, 5.41) is 14.6. The zero-order valence-electron chi connectivity index (χ0n) is 15.3. The second kappa shape index (κ2) is 8.53. The first-order valence-electron chi connectivity index (χ1n) is 8.33. The molecule has 7 nitrogen and oxygen atoms in total. The van der Waals surface area contributed by atoms with E-state index in [9.17, 15) is 14.7 Å². The molecule has 8 heteroatoms. The third kappa shape index (κ3) is 4.66. The Labute approximate surface area is 165 Å². The van der Waals surface area contributed by atoms with Crippen molar-refractivity contribution in [1.82, 2.24) is 4.98 Å². The number of nitrogens with zero attached hydrogens (tertiary/aromatic N) is 1. The van der Waals surface area contributed by atoms with Crippen molar-refractivity contribution in [2.24, 2.45) is 0 Å². The molecule has 0 atom stereocenters. The van der Waals surface area contributed by atoms with E-state index >= 15 is 0 Å². The van der Waals surface area contributed by atoms with Gasteiger partial charge in [-0.05, 0) is 25.1 Å². The van der Waals surface area contributed by atoms with Crippen molar-refractivity contribution in [3.05, 3.63) is 59.0 Å². The highest BCUT2D eigenvalue weighted by Crippen LogP contribution is 2.25. The van der Waals surface area contributed by atoms with Crippen LogP contribution in [0.25, 0.3) is 11.3 Å². The van der Waals surface area contributed by atoms with Crippen LogP contribution in [0.4, 0.5) is 5.13 Å². The molecule has 0 saturated carbocycles. The lowest BCUT2D eigenvalue weighted by Crippen LogP contribution is -2.20. The Hall–Kier alpha value is -3.39. The maximum Gasteiger partial charge on any atom is 0.342 e. The van der Waals surface area contributed by atoms with Gasteiger partial charge in [-0.1, -0.05) is 29.8 Å². The molecule has 1 amide bonds. The van der Waals surface area contributed by atoms with Crippen LogP contribution in [0.15, 0.2) is 47.8 Å². The minimum Gasteiger partial charge on any atom is -0.507 e. The number of phenols is 1. The number of ether oxygens (including phenoxy) is 2. The topological polar surface area (TPSA) is 97.8 Å². The lowest BCUT2D eigenvalue weighted by molar-refractivity contribution is -0.119. The Bertz CT molecular complexity index is 998. The summed E-state index contributed by atoms with van der Waals surface area (Å²) in [6.07, 6.45) is 0. The predicted octanol–water partition coefficient (Wildman–Crippen LogP) is 3.63. The van der Waals surface area contributed by atoms with E-state index in [0.717, 1.165) is 16.8 Å². The van der Waals surface area contributed by atoms with Crippen LogP contribution in [0.2, 0.25) is 0 Å². The largest absolute Gasteiger partial charge is 0.507 e. The smallest absolute Gasteiger partial charge is 0.342 e. The van der Waals surface area contributed by atoms with Gasteiger partial charge in [-0.3, -0.25) is 10.1 Å². The molecular weight excluding hydrogens is 380 g/mol. The number of hydrogen-bond acceptors (Lipinski definition) is 7. The molecule has 0 saturated heterocycles. The zero-order chi connectivity index (χ0) is 20.1. The predicted molar refractivity (Wildman–Crippen MR) is 106 cm³/mol. The molecule has 0 radical (unpaired) electrons. The number of methoxy groups -OCH3 is 1. The van der Waals surface area contributed by atoms with Gasteiger partial charge in [0.2, 0.25) is 0 Å². The minimum absolute atomic E-state index is 0.0805. The van der Waals surface area contributed by atoms with E-state index in [-0.39, 0.29) is 11.3 Å². The lowest BCUT2D eigenvalue weighted by atomic mass is 10.1. The maximum absolute atomic E-state index is 12.1. The van der Waals surface area contributed by atoms with E-state index in [1.807, 2.05) is 36.6 Å². The number of benzene rings is 2. The van der Waals surface area contributed by atoms with Crippen molar-refractivity contribution >= 4 is 28.3 Å². The number of aromatic hydroxyl groups is 1. The number of hydrogen-bond donors (Lipinski definition) is 2. The second-order valence-corrected chi connectivity index (χ2v) is 6.77. The average molecular weight is 398 g/mol. The molecular formula is C20H18N2O5S. The molecule has 0 fully saturated rings. The van der Waals surface area contributed by atoms with Crippen molar-refractivity contribution < 1.29 is 24.2 Å². The number of thiazole rings is 1. The monoisotopic (exact) mass is 398 g/mol. The van der Waals surface area contributed by atoms with Gasteiger partial charge in [0.25, 0.3) is 5.91 Å². The Morgan fingerprint density at radius 1 is 1.18 bits per heavy atom. The molecule has 0 unspecified atom stereocenters. The number of aryl methyl sites for hydroxylation is 1.